The molecule has 8 nitrogen and oxygen atoms in total. The molecule has 2 aliphatic rings. The SMILES string of the molecule is COc1cccc2c1OC[C@@H](CNC(=O)c1cn(C3CCC(N)CC3)nn1)C2. The molecule has 1 aromatic carbocycles. The van der Waals surface area contributed by atoms with Crippen LogP contribution in [0, 0.1) is 5.92 Å². The van der Waals surface area contributed by atoms with Gasteiger partial charge in [-0.25, -0.2) is 4.68 Å². The Bertz CT molecular complexity index is 829. The molecule has 0 unspecified atom stereocenters. The second kappa shape index (κ2) is 8.18. The van der Waals surface area contributed by atoms with E-state index >= 15 is 0 Å². The first-order chi connectivity index (χ1) is 13.6. The van der Waals surface area contributed by atoms with Crippen molar-refractivity contribution in [3.8, 4) is 11.5 Å². The van der Waals surface area contributed by atoms with E-state index in [4.69, 9.17) is 15.2 Å². The van der Waals surface area contributed by atoms with E-state index in [9.17, 15) is 4.79 Å². The number of para-hydroxylation sites is 1. The molecule has 3 N–H and O–H groups in total. The van der Waals surface area contributed by atoms with Crippen molar-refractivity contribution >= 4 is 5.91 Å². The van der Waals surface area contributed by atoms with Gasteiger partial charge in [-0.1, -0.05) is 17.3 Å². The van der Waals surface area contributed by atoms with Crippen LogP contribution in [0.5, 0.6) is 11.5 Å². The average Bonchev–Trinajstić information content (AvgIpc) is 3.22. The summed E-state index contributed by atoms with van der Waals surface area (Å²) in [5.41, 5.74) is 7.42. The lowest BCUT2D eigenvalue weighted by Gasteiger charge is -2.26. The smallest absolute Gasteiger partial charge is 0.273 e. The fourth-order valence-corrected chi connectivity index (χ4v) is 4.00. The lowest BCUT2D eigenvalue weighted by atomic mass is 9.92. The molecule has 1 saturated carbocycles. The summed E-state index contributed by atoms with van der Waals surface area (Å²) in [6.45, 7) is 1.07. The molecular weight excluding hydrogens is 358 g/mol. The van der Waals surface area contributed by atoms with E-state index in [-0.39, 0.29) is 23.9 Å². The summed E-state index contributed by atoms with van der Waals surface area (Å²) in [4.78, 5) is 12.5. The van der Waals surface area contributed by atoms with Crippen molar-refractivity contribution in [3.05, 3.63) is 35.7 Å². The highest BCUT2D eigenvalue weighted by Gasteiger charge is 2.25. The Morgan fingerprint density at radius 1 is 1.36 bits per heavy atom. The third-order valence-corrected chi connectivity index (χ3v) is 5.66. The van der Waals surface area contributed by atoms with Gasteiger partial charge in [0.05, 0.1) is 26.0 Å². The number of methoxy groups -OCH3 is 1. The summed E-state index contributed by atoms with van der Waals surface area (Å²) in [6.07, 6.45) is 6.51. The zero-order valence-corrected chi connectivity index (χ0v) is 16.1. The Hall–Kier alpha value is -2.61. The zero-order valence-electron chi connectivity index (χ0n) is 16.1. The molecule has 0 radical (unpaired) electrons. The van der Waals surface area contributed by atoms with Gasteiger partial charge in [-0.05, 0) is 43.7 Å². The molecule has 0 spiro atoms. The normalized spacial score (nSPS) is 24.1. The van der Waals surface area contributed by atoms with Crippen molar-refractivity contribution in [2.24, 2.45) is 11.7 Å². The van der Waals surface area contributed by atoms with E-state index in [2.05, 4.69) is 15.6 Å². The van der Waals surface area contributed by atoms with Crippen LogP contribution in [0.3, 0.4) is 0 Å². The lowest BCUT2D eigenvalue weighted by Crippen LogP contribution is -2.35. The quantitative estimate of drug-likeness (QED) is 0.812. The summed E-state index contributed by atoms with van der Waals surface area (Å²) < 4.78 is 13.0. The number of nitrogens with zero attached hydrogens (tertiary/aromatic N) is 3. The Balaban J connectivity index is 1.31. The minimum atomic E-state index is -0.199. The molecule has 0 saturated heterocycles. The first-order valence-electron chi connectivity index (χ1n) is 9.88. The molecule has 1 atom stereocenters. The van der Waals surface area contributed by atoms with Crippen molar-refractivity contribution in [2.75, 3.05) is 20.3 Å². The number of ether oxygens (including phenoxy) is 2. The van der Waals surface area contributed by atoms with Gasteiger partial charge in [0, 0.05) is 18.5 Å². The van der Waals surface area contributed by atoms with Gasteiger partial charge in [0.15, 0.2) is 17.2 Å². The number of aromatic nitrogens is 3. The molecule has 1 aliphatic heterocycles. The van der Waals surface area contributed by atoms with Crippen LogP contribution in [0.25, 0.3) is 0 Å². The number of carbonyl (C=O) groups excluding carboxylic acids is 1. The van der Waals surface area contributed by atoms with E-state index in [1.54, 1.807) is 13.3 Å². The van der Waals surface area contributed by atoms with E-state index in [1.165, 1.54) is 0 Å². The molecule has 1 amide bonds. The molecule has 2 heterocycles. The van der Waals surface area contributed by atoms with Crippen molar-refractivity contribution in [2.45, 2.75) is 44.2 Å². The van der Waals surface area contributed by atoms with Crippen LogP contribution in [0.2, 0.25) is 0 Å². The third kappa shape index (κ3) is 3.96. The number of fused-ring (bicyclic) bond motifs is 1. The second-order valence-electron chi connectivity index (χ2n) is 7.69. The second-order valence-corrected chi connectivity index (χ2v) is 7.69. The molecular formula is C20H27N5O3. The summed E-state index contributed by atoms with van der Waals surface area (Å²) >= 11 is 0. The number of amides is 1. The maximum Gasteiger partial charge on any atom is 0.273 e. The van der Waals surface area contributed by atoms with Crippen molar-refractivity contribution < 1.29 is 14.3 Å². The van der Waals surface area contributed by atoms with Gasteiger partial charge >= 0.3 is 0 Å². The van der Waals surface area contributed by atoms with Gasteiger partial charge in [-0.3, -0.25) is 4.79 Å². The zero-order chi connectivity index (χ0) is 19.5. The maximum absolute atomic E-state index is 12.5. The van der Waals surface area contributed by atoms with Gasteiger partial charge in [0.1, 0.15) is 0 Å². The molecule has 8 heteroatoms. The number of nitrogens with two attached hydrogens (primary N) is 1. The monoisotopic (exact) mass is 385 g/mol. The Kier molecular flexibility index (Phi) is 5.47. The topological polar surface area (TPSA) is 104 Å². The number of nitrogens with one attached hydrogen (secondary N) is 1. The van der Waals surface area contributed by atoms with Crippen LogP contribution >= 0.6 is 0 Å². The molecule has 2 aromatic rings. The third-order valence-electron chi connectivity index (χ3n) is 5.66. The van der Waals surface area contributed by atoms with Gasteiger partial charge in [-0.2, -0.15) is 0 Å². The highest BCUT2D eigenvalue weighted by molar-refractivity contribution is 5.91. The Morgan fingerprint density at radius 3 is 2.96 bits per heavy atom. The van der Waals surface area contributed by atoms with E-state index in [0.717, 1.165) is 49.2 Å². The van der Waals surface area contributed by atoms with E-state index in [1.807, 2.05) is 22.9 Å². The van der Waals surface area contributed by atoms with Gasteiger partial charge in [-0.15, -0.1) is 5.10 Å². The molecule has 1 fully saturated rings. The maximum atomic E-state index is 12.5. The first-order valence-corrected chi connectivity index (χ1v) is 9.88. The van der Waals surface area contributed by atoms with Crippen molar-refractivity contribution in [3.63, 3.8) is 0 Å². The van der Waals surface area contributed by atoms with Crippen LogP contribution in [-0.4, -0.2) is 47.2 Å². The summed E-state index contributed by atoms with van der Waals surface area (Å²) in [5, 5.41) is 11.2. The fourth-order valence-electron chi connectivity index (χ4n) is 4.00. The molecule has 0 bridgehead atoms. The van der Waals surface area contributed by atoms with Crippen LogP contribution in [0.4, 0.5) is 0 Å². The molecule has 4 rings (SSSR count). The van der Waals surface area contributed by atoms with Crippen LogP contribution in [0.15, 0.2) is 24.4 Å². The predicted octanol–water partition coefficient (Wildman–Crippen LogP) is 1.71. The summed E-state index contributed by atoms with van der Waals surface area (Å²) in [6, 6.07) is 6.45. The van der Waals surface area contributed by atoms with Gasteiger partial charge in [0.2, 0.25) is 0 Å². The fraction of sp³-hybridized carbons (Fsp3) is 0.550. The molecule has 1 aromatic heterocycles. The summed E-state index contributed by atoms with van der Waals surface area (Å²) in [7, 11) is 1.64. The molecule has 150 valence electrons. The largest absolute Gasteiger partial charge is 0.493 e. The number of rotatable bonds is 5. The minimum Gasteiger partial charge on any atom is -0.493 e. The molecule has 1 aliphatic carbocycles. The van der Waals surface area contributed by atoms with Crippen LogP contribution < -0.4 is 20.5 Å². The predicted molar refractivity (Wildman–Crippen MR) is 104 cm³/mol. The Morgan fingerprint density at radius 2 is 2.18 bits per heavy atom. The average molecular weight is 385 g/mol. The van der Waals surface area contributed by atoms with E-state index < -0.39 is 0 Å². The highest BCUT2D eigenvalue weighted by Crippen LogP contribution is 2.35. The van der Waals surface area contributed by atoms with Crippen molar-refractivity contribution in [1.82, 2.24) is 20.3 Å². The van der Waals surface area contributed by atoms with Crippen molar-refractivity contribution in [1.29, 1.82) is 0 Å². The van der Waals surface area contributed by atoms with E-state index in [0.29, 0.717) is 18.8 Å². The molecule has 28 heavy (non-hydrogen) atoms. The van der Waals surface area contributed by atoms with Crippen LogP contribution in [-0.2, 0) is 6.42 Å². The number of benzene rings is 1. The summed E-state index contributed by atoms with van der Waals surface area (Å²) in [5.74, 6) is 1.57. The number of hydrogen-bond donors (Lipinski definition) is 2. The first kappa shape index (κ1) is 18.7. The number of hydrogen-bond acceptors (Lipinski definition) is 6. The highest BCUT2D eigenvalue weighted by atomic mass is 16.5. The van der Waals surface area contributed by atoms with Crippen LogP contribution in [0.1, 0.15) is 47.8 Å². The van der Waals surface area contributed by atoms with Gasteiger partial charge in [0.25, 0.3) is 5.91 Å². The standard InChI is InChI=1S/C20H27N5O3/c1-27-18-4-2-3-14-9-13(12-28-19(14)18)10-22-20(26)17-11-25(24-23-17)16-7-5-15(21)6-8-16/h2-4,11,13,15-16H,5-10,12,21H2,1H3,(H,22,26)/t13-,15?,16?/m1/s1. The minimum absolute atomic E-state index is 0.199. The lowest BCUT2D eigenvalue weighted by molar-refractivity contribution is 0.0933. The van der Waals surface area contributed by atoms with Gasteiger partial charge < -0.3 is 20.5 Å². The number of carbonyl (C=O) groups is 1. The Labute approximate surface area is 164 Å².